The summed E-state index contributed by atoms with van der Waals surface area (Å²) < 4.78 is 10.9. The Morgan fingerprint density at radius 3 is 2.64 bits per heavy atom. The van der Waals surface area contributed by atoms with Crippen molar-refractivity contribution in [1.29, 1.82) is 0 Å². The summed E-state index contributed by atoms with van der Waals surface area (Å²) in [6, 6.07) is 8.48. The van der Waals surface area contributed by atoms with Gasteiger partial charge in [0.25, 0.3) is 0 Å². The average molecular weight is 348 g/mol. The molecule has 0 saturated carbocycles. The van der Waals surface area contributed by atoms with Gasteiger partial charge in [0.05, 0.1) is 25.4 Å². The van der Waals surface area contributed by atoms with Gasteiger partial charge in [0.2, 0.25) is 0 Å². The Hall–Kier alpha value is -1.79. The van der Waals surface area contributed by atoms with Crippen LogP contribution in [0.4, 0.5) is 5.69 Å². The largest absolute Gasteiger partial charge is 0.378 e. The number of morpholine rings is 1. The molecule has 0 spiro atoms. The molecule has 140 valence electrons. The summed E-state index contributed by atoms with van der Waals surface area (Å²) in [5.74, 6) is 0.810. The predicted octanol–water partition coefficient (Wildman–Crippen LogP) is 2.00. The first kappa shape index (κ1) is 19.5. The van der Waals surface area contributed by atoms with Crippen LogP contribution < -0.4 is 15.5 Å². The zero-order valence-electron chi connectivity index (χ0n) is 16.0. The molecule has 0 atom stereocenters. The van der Waals surface area contributed by atoms with Crippen LogP contribution in [0.1, 0.15) is 26.3 Å². The monoisotopic (exact) mass is 348 g/mol. The Kier molecular flexibility index (Phi) is 7.52. The highest BCUT2D eigenvalue weighted by atomic mass is 16.5. The first-order valence-corrected chi connectivity index (χ1v) is 9.03. The van der Waals surface area contributed by atoms with Gasteiger partial charge in [-0.25, -0.2) is 4.99 Å². The van der Waals surface area contributed by atoms with Gasteiger partial charge in [-0.05, 0) is 32.4 Å². The van der Waals surface area contributed by atoms with Crippen LogP contribution in [-0.4, -0.2) is 58.1 Å². The van der Waals surface area contributed by atoms with Gasteiger partial charge in [0.15, 0.2) is 5.96 Å². The first-order valence-electron chi connectivity index (χ1n) is 9.03. The van der Waals surface area contributed by atoms with Crippen molar-refractivity contribution in [2.24, 2.45) is 4.99 Å². The molecule has 1 saturated heterocycles. The minimum Gasteiger partial charge on any atom is -0.378 e. The van der Waals surface area contributed by atoms with E-state index in [1.165, 1.54) is 11.3 Å². The molecule has 2 N–H and O–H groups in total. The fraction of sp³-hybridized carbons (Fsp3) is 0.632. The fourth-order valence-electron chi connectivity index (χ4n) is 2.63. The third-order valence-electron chi connectivity index (χ3n) is 4.33. The van der Waals surface area contributed by atoms with Crippen LogP contribution in [0, 0.1) is 0 Å². The summed E-state index contributed by atoms with van der Waals surface area (Å²) in [6.07, 6.45) is 0. The lowest BCUT2D eigenvalue weighted by atomic mass is 10.1. The molecular formula is C19H32N4O2. The van der Waals surface area contributed by atoms with Gasteiger partial charge in [-0.3, -0.25) is 0 Å². The molecule has 0 aromatic heterocycles. The number of benzene rings is 1. The van der Waals surface area contributed by atoms with E-state index in [0.29, 0.717) is 13.1 Å². The summed E-state index contributed by atoms with van der Waals surface area (Å²) in [5.41, 5.74) is 2.25. The third-order valence-corrected chi connectivity index (χ3v) is 4.33. The van der Waals surface area contributed by atoms with Crippen molar-refractivity contribution >= 4 is 11.6 Å². The molecule has 0 amide bonds. The fourth-order valence-corrected chi connectivity index (χ4v) is 2.63. The van der Waals surface area contributed by atoms with Crippen molar-refractivity contribution in [2.75, 3.05) is 51.4 Å². The number of anilines is 1. The second-order valence-electron chi connectivity index (χ2n) is 6.74. The number of hydrogen-bond acceptors (Lipinski definition) is 4. The van der Waals surface area contributed by atoms with Gasteiger partial charge in [-0.1, -0.05) is 18.2 Å². The predicted molar refractivity (Wildman–Crippen MR) is 103 cm³/mol. The zero-order valence-corrected chi connectivity index (χ0v) is 16.0. The quantitative estimate of drug-likeness (QED) is 0.583. The summed E-state index contributed by atoms with van der Waals surface area (Å²) in [6.45, 7) is 11.8. The van der Waals surface area contributed by atoms with Crippen molar-refractivity contribution in [1.82, 2.24) is 10.6 Å². The lowest BCUT2D eigenvalue weighted by molar-refractivity contribution is 0.0268. The van der Waals surface area contributed by atoms with Crippen LogP contribution in [-0.2, 0) is 16.0 Å². The molecule has 1 fully saturated rings. The number of nitrogens with zero attached hydrogens (tertiary/aromatic N) is 2. The molecule has 2 rings (SSSR count). The summed E-state index contributed by atoms with van der Waals surface area (Å²) in [4.78, 5) is 7.14. The summed E-state index contributed by atoms with van der Waals surface area (Å²) in [7, 11) is 1.73. The standard InChI is InChI=1S/C19H32N4O2/c1-5-20-18(22-15-19(2,3)24-4)21-14-16-8-6-7-9-17(16)23-10-12-25-13-11-23/h6-9H,5,10-15H2,1-4H3,(H2,20,21,22). The average Bonchev–Trinajstić information content (AvgIpc) is 2.65. The molecule has 1 aliphatic heterocycles. The van der Waals surface area contributed by atoms with Gasteiger partial charge in [-0.2, -0.15) is 0 Å². The summed E-state index contributed by atoms with van der Waals surface area (Å²) >= 11 is 0. The molecule has 1 heterocycles. The molecule has 6 heteroatoms. The maximum Gasteiger partial charge on any atom is 0.191 e. The summed E-state index contributed by atoms with van der Waals surface area (Å²) in [5, 5.41) is 6.66. The lowest BCUT2D eigenvalue weighted by Gasteiger charge is -2.30. The molecule has 0 aliphatic carbocycles. The number of guanidine groups is 1. The van der Waals surface area contributed by atoms with Crippen LogP contribution >= 0.6 is 0 Å². The zero-order chi connectivity index (χ0) is 18.1. The van der Waals surface area contributed by atoms with E-state index in [9.17, 15) is 0 Å². The molecule has 0 unspecified atom stereocenters. The van der Waals surface area contributed by atoms with Crippen LogP contribution in [0.3, 0.4) is 0 Å². The Bertz CT molecular complexity index is 554. The first-order chi connectivity index (χ1) is 12.1. The maximum absolute atomic E-state index is 5.46. The molecule has 1 aliphatic rings. The van der Waals surface area contributed by atoms with Gasteiger partial charge in [0, 0.05) is 39.0 Å². The van der Waals surface area contributed by atoms with E-state index in [0.717, 1.165) is 38.8 Å². The molecule has 1 aromatic rings. The van der Waals surface area contributed by atoms with Gasteiger partial charge < -0.3 is 25.0 Å². The minimum absolute atomic E-state index is 0.234. The Morgan fingerprint density at radius 1 is 1.24 bits per heavy atom. The molecule has 0 bridgehead atoms. The molecular weight excluding hydrogens is 316 g/mol. The number of aliphatic imine (C=N–C) groups is 1. The Balaban J connectivity index is 2.06. The van der Waals surface area contributed by atoms with Crippen molar-refractivity contribution < 1.29 is 9.47 Å². The van der Waals surface area contributed by atoms with Gasteiger partial charge in [-0.15, -0.1) is 0 Å². The van der Waals surface area contributed by atoms with E-state index in [4.69, 9.17) is 14.5 Å². The Morgan fingerprint density at radius 2 is 1.96 bits per heavy atom. The minimum atomic E-state index is -0.234. The highest BCUT2D eigenvalue weighted by Gasteiger charge is 2.17. The Labute approximate surface area is 151 Å². The van der Waals surface area contributed by atoms with Crippen LogP contribution in [0.15, 0.2) is 29.3 Å². The highest BCUT2D eigenvalue weighted by molar-refractivity contribution is 5.80. The van der Waals surface area contributed by atoms with Gasteiger partial charge in [0.1, 0.15) is 0 Å². The maximum atomic E-state index is 5.46. The van der Waals surface area contributed by atoms with E-state index in [1.54, 1.807) is 7.11 Å². The molecule has 1 aromatic carbocycles. The normalized spacial score (nSPS) is 16.0. The molecule has 25 heavy (non-hydrogen) atoms. The molecule has 6 nitrogen and oxygen atoms in total. The van der Waals surface area contributed by atoms with E-state index in [2.05, 4.69) is 60.6 Å². The van der Waals surface area contributed by atoms with E-state index >= 15 is 0 Å². The number of methoxy groups -OCH3 is 1. The second kappa shape index (κ2) is 9.63. The second-order valence-corrected chi connectivity index (χ2v) is 6.74. The molecule has 0 radical (unpaired) electrons. The lowest BCUT2D eigenvalue weighted by Crippen LogP contribution is -2.45. The number of nitrogens with one attached hydrogen (secondary N) is 2. The van der Waals surface area contributed by atoms with Crippen LogP contribution in [0.2, 0.25) is 0 Å². The van der Waals surface area contributed by atoms with Crippen molar-refractivity contribution in [2.45, 2.75) is 32.9 Å². The van der Waals surface area contributed by atoms with E-state index in [-0.39, 0.29) is 5.60 Å². The van der Waals surface area contributed by atoms with Crippen LogP contribution in [0.5, 0.6) is 0 Å². The third kappa shape index (κ3) is 6.21. The SMILES string of the molecule is CCNC(=NCc1ccccc1N1CCOCC1)NCC(C)(C)OC. The van der Waals surface area contributed by atoms with Crippen molar-refractivity contribution in [3.05, 3.63) is 29.8 Å². The van der Waals surface area contributed by atoms with Gasteiger partial charge >= 0.3 is 0 Å². The highest BCUT2D eigenvalue weighted by Crippen LogP contribution is 2.22. The smallest absolute Gasteiger partial charge is 0.191 e. The van der Waals surface area contributed by atoms with Crippen molar-refractivity contribution in [3.8, 4) is 0 Å². The number of hydrogen-bond donors (Lipinski definition) is 2. The van der Waals surface area contributed by atoms with E-state index in [1.807, 2.05) is 0 Å². The van der Waals surface area contributed by atoms with E-state index < -0.39 is 0 Å². The van der Waals surface area contributed by atoms with Crippen molar-refractivity contribution in [3.63, 3.8) is 0 Å². The topological polar surface area (TPSA) is 58.1 Å². The van der Waals surface area contributed by atoms with Crippen LogP contribution in [0.25, 0.3) is 0 Å². The number of ether oxygens (including phenoxy) is 2. The number of rotatable bonds is 7. The number of para-hydroxylation sites is 1.